The van der Waals surface area contributed by atoms with Gasteiger partial charge in [0.1, 0.15) is 24.2 Å². The molecule has 4 amide bonds. The molecule has 1 aliphatic heterocycles. The fourth-order valence-corrected chi connectivity index (χ4v) is 4.28. The highest BCUT2D eigenvalue weighted by molar-refractivity contribution is 5.95. The molecule has 0 aliphatic carbocycles. The van der Waals surface area contributed by atoms with Gasteiger partial charge in [-0.3, -0.25) is 24.2 Å². The number of nitrogens with one attached hydrogen (secondary N) is 3. The van der Waals surface area contributed by atoms with Crippen LogP contribution in [0.25, 0.3) is 0 Å². The van der Waals surface area contributed by atoms with E-state index < -0.39 is 59.8 Å². The maximum absolute atomic E-state index is 13.6. The fraction of sp³-hybridized carbons (Fsp3) is 0.760. The summed E-state index contributed by atoms with van der Waals surface area (Å²) >= 11 is 0. The van der Waals surface area contributed by atoms with Gasteiger partial charge in [-0.1, -0.05) is 27.7 Å². The Morgan fingerprint density at radius 3 is 2.13 bits per heavy atom. The summed E-state index contributed by atoms with van der Waals surface area (Å²) in [6, 6.07) is -4.69. The van der Waals surface area contributed by atoms with E-state index in [0.717, 1.165) is 0 Å². The topological polar surface area (TPSA) is 235 Å². The average molecular weight is 555 g/mol. The molecule has 0 bridgehead atoms. The third kappa shape index (κ3) is 11.1. The molecule has 0 unspecified atom stereocenters. The number of hydrogen-bond acceptors (Lipinski definition) is 7. The summed E-state index contributed by atoms with van der Waals surface area (Å²) in [5, 5.41) is 17.5. The van der Waals surface area contributed by atoms with Crippen LogP contribution in [-0.4, -0.2) is 88.9 Å². The van der Waals surface area contributed by atoms with E-state index in [1.807, 2.05) is 13.8 Å². The summed E-state index contributed by atoms with van der Waals surface area (Å²) < 4.78 is 0. The van der Waals surface area contributed by atoms with Crippen molar-refractivity contribution >= 4 is 35.6 Å². The van der Waals surface area contributed by atoms with Gasteiger partial charge in [-0.05, 0) is 50.9 Å². The number of carboxylic acids is 1. The van der Waals surface area contributed by atoms with Crippen molar-refractivity contribution in [3.8, 4) is 0 Å². The number of carboxylic acid groups (broad SMARTS) is 1. The first kappa shape index (κ1) is 33.6. The Bertz CT molecular complexity index is 903. The van der Waals surface area contributed by atoms with Gasteiger partial charge in [0.15, 0.2) is 5.96 Å². The molecule has 0 saturated carbocycles. The molecule has 1 fully saturated rings. The number of carbonyl (C=O) groups is 5. The lowest BCUT2D eigenvalue weighted by molar-refractivity contribution is -0.145. The molecule has 0 aromatic rings. The largest absolute Gasteiger partial charge is 0.480 e. The van der Waals surface area contributed by atoms with Crippen LogP contribution in [0.2, 0.25) is 0 Å². The second-order valence-electron chi connectivity index (χ2n) is 10.7. The fourth-order valence-electron chi connectivity index (χ4n) is 4.28. The number of aliphatic imine (C=N–C) groups is 1. The highest BCUT2D eigenvalue weighted by atomic mass is 16.4. The first-order chi connectivity index (χ1) is 18.1. The van der Waals surface area contributed by atoms with E-state index in [9.17, 15) is 29.1 Å². The lowest BCUT2D eigenvalue weighted by Gasteiger charge is -2.32. The Kier molecular flexibility index (Phi) is 13.7. The van der Waals surface area contributed by atoms with Crippen LogP contribution in [-0.2, 0) is 24.0 Å². The monoisotopic (exact) mass is 554 g/mol. The van der Waals surface area contributed by atoms with Crippen molar-refractivity contribution in [3.05, 3.63) is 0 Å². The van der Waals surface area contributed by atoms with Crippen LogP contribution in [0.5, 0.6) is 0 Å². The molecule has 1 saturated heterocycles. The van der Waals surface area contributed by atoms with Crippen molar-refractivity contribution in [1.29, 1.82) is 0 Å². The first-order valence-electron chi connectivity index (χ1n) is 13.4. The minimum atomic E-state index is -1.21. The Balaban J connectivity index is 2.98. The van der Waals surface area contributed by atoms with Crippen LogP contribution in [0.3, 0.4) is 0 Å². The van der Waals surface area contributed by atoms with Crippen molar-refractivity contribution < 1.29 is 29.1 Å². The Morgan fingerprint density at radius 2 is 1.62 bits per heavy atom. The molecule has 1 aliphatic rings. The van der Waals surface area contributed by atoms with Crippen LogP contribution in [0.1, 0.15) is 66.7 Å². The molecule has 1 rings (SSSR count). The SMILES string of the molecule is CC(C)C[C@H](NC(=O)[C@@H](C)N)C(=O)N[C@H](C(=O)N1CCC[C@H]1C(=O)N[C@@H](CCCN=C(N)N)C(=O)O)C(C)C. The summed E-state index contributed by atoms with van der Waals surface area (Å²) in [6.45, 7) is 9.36. The lowest BCUT2D eigenvalue weighted by Crippen LogP contribution is -2.59. The zero-order valence-electron chi connectivity index (χ0n) is 23.6. The van der Waals surface area contributed by atoms with Crippen molar-refractivity contribution in [2.24, 2.45) is 34.0 Å². The van der Waals surface area contributed by atoms with Crippen molar-refractivity contribution in [2.45, 2.75) is 96.9 Å². The summed E-state index contributed by atoms with van der Waals surface area (Å²) in [4.78, 5) is 68.9. The van der Waals surface area contributed by atoms with E-state index in [4.69, 9.17) is 17.2 Å². The molecular weight excluding hydrogens is 508 g/mol. The average Bonchev–Trinajstić information content (AvgIpc) is 3.32. The van der Waals surface area contributed by atoms with E-state index in [1.165, 1.54) is 11.8 Å². The van der Waals surface area contributed by atoms with E-state index in [-0.39, 0.29) is 37.3 Å². The number of rotatable bonds is 15. The number of guanidine groups is 1. The van der Waals surface area contributed by atoms with Gasteiger partial charge in [0, 0.05) is 13.1 Å². The third-order valence-electron chi connectivity index (χ3n) is 6.38. The molecule has 0 spiro atoms. The number of aliphatic carboxylic acids is 1. The number of hydrogen-bond donors (Lipinski definition) is 7. The Morgan fingerprint density at radius 1 is 0.974 bits per heavy atom. The Hall–Kier alpha value is -3.42. The van der Waals surface area contributed by atoms with Crippen LogP contribution in [0.15, 0.2) is 4.99 Å². The molecule has 14 heteroatoms. The minimum absolute atomic E-state index is 0.0793. The Labute approximate surface area is 229 Å². The molecule has 0 aromatic heterocycles. The molecule has 5 atom stereocenters. The van der Waals surface area contributed by atoms with Crippen molar-refractivity contribution in [1.82, 2.24) is 20.9 Å². The van der Waals surface area contributed by atoms with Gasteiger partial charge in [0.2, 0.25) is 23.6 Å². The molecule has 39 heavy (non-hydrogen) atoms. The van der Waals surface area contributed by atoms with Gasteiger partial charge in [-0.15, -0.1) is 0 Å². The number of nitrogens with two attached hydrogens (primary N) is 3. The van der Waals surface area contributed by atoms with Gasteiger partial charge < -0.3 is 43.2 Å². The highest BCUT2D eigenvalue weighted by Crippen LogP contribution is 2.21. The van der Waals surface area contributed by atoms with Crippen molar-refractivity contribution in [2.75, 3.05) is 13.1 Å². The summed E-state index contributed by atoms with van der Waals surface area (Å²) in [5.74, 6) is -3.58. The van der Waals surface area contributed by atoms with E-state index in [0.29, 0.717) is 25.7 Å². The van der Waals surface area contributed by atoms with Gasteiger partial charge in [0.25, 0.3) is 0 Å². The number of amides is 4. The van der Waals surface area contributed by atoms with Crippen molar-refractivity contribution in [3.63, 3.8) is 0 Å². The number of carbonyl (C=O) groups excluding carboxylic acids is 4. The number of likely N-dealkylation sites (tertiary alicyclic amines) is 1. The third-order valence-corrected chi connectivity index (χ3v) is 6.38. The quantitative estimate of drug-likeness (QED) is 0.0716. The van der Waals surface area contributed by atoms with Gasteiger partial charge >= 0.3 is 5.97 Å². The van der Waals surface area contributed by atoms with E-state index >= 15 is 0 Å². The summed E-state index contributed by atoms with van der Waals surface area (Å²) in [7, 11) is 0. The molecule has 222 valence electrons. The zero-order chi connectivity index (χ0) is 29.9. The normalized spacial score (nSPS) is 18.2. The zero-order valence-corrected chi connectivity index (χ0v) is 23.6. The smallest absolute Gasteiger partial charge is 0.326 e. The molecule has 1 heterocycles. The second kappa shape index (κ2) is 15.9. The molecule has 10 N–H and O–H groups in total. The number of nitrogens with zero attached hydrogens (tertiary/aromatic N) is 2. The van der Waals surface area contributed by atoms with E-state index in [2.05, 4.69) is 20.9 Å². The molecule has 0 aromatic carbocycles. The lowest BCUT2D eigenvalue weighted by atomic mass is 9.99. The van der Waals surface area contributed by atoms with Gasteiger partial charge in [0.05, 0.1) is 6.04 Å². The van der Waals surface area contributed by atoms with E-state index in [1.54, 1.807) is 13.8 Å². The molecular formula is C25H46N8O6. The van der Waals surface area contributed by atoms with Crippen LogP contribution >= 0.6 is 0 Å². The molecule has 14 nitrogen and oxygen atoms in total. The maximum atomic E-state index is 13.6. The minimum Gasteiger partial charge on any atom is -0.480 e. The second-order valence-corrected chi connectivity index (χ2v) is 10.7. The predicted molar refractivity (Wildman–Crippen MR) is 146 cm³/mol. The highest BCUT2D eigenvalue weighted by Gasteiger charge is 2.40. The van der Waals surface area contributed by atoms with Gasteiger partial charge in [-0.2, -0.15) is 0 Å². The van der Waals surface area contributed by atoms with Gasteiger partial charge in [-0.25, -0.2) is 4.79 Å². The first-order valence-corrected chi connectivity index (χ1v) is 13.4. The standard InChI is InChI=1S/C25H46N8O6/c1-13(2)12-17(31-20(34)15(5)26)21(35)32-19(14(3)4)23(37)33-11-7-9-18(33)22(36)30-16(24(38)39)8-6-10-29-25(27)28/h13-19H,6-12,26H2,1-5H3,(H,30,36)(H,31,34)(H,32,35)(H,38,39)(H4,27,28,29)/t15-,16+,17+,18+,19+/m1/s1. The summed E-state index contributed by atoms with van der Waals surface area (Å²) in [5.41, 5.74) is 16.2. The predicted octanol–water partition coefficient (Wildman–Crippen LogP) is -1.38. The van der Waals surface area contributed by atoms with Crippen LogP contribution < -0.4 is 33.2 Å². The van der Waals surface area contributed by atoms with Crippen LogP contribution in [0.4, 0.5) is 0 Å². The maximum Gasteiger partial charge on any atom is 0.326 e. The van der Waals surface area contributed by atoms with Crippen LogP contribution in [0, 0.1) is 11.8 Å². The summed E-state index contributed by atoms with van der Waals surface area (Å²) in [6.07, 6.45) is 1.69. The molecule has 0 radical (unpaired) electrons.